The van der Waals surface area contributed by atoms with Gasteiger partial charge in [0, 0.05) is 25.2 Å². The summed E-state index contributed by atoms with van der Waals surface area (Å²) in [4.78, 5) is 23.9. The number of carbonyl (C=O) groups excluding carboxylic acids is 1. The molecule has 0 saturated heterocycles. The van der Waals surface area contributed by atoms with Crippen LogP contribution in [0.4, 0.5) is 0 Å². The lowest BCUT2D eigenvalue weighted by Crippen LogP contribution is -2.33. The van der Waals surface area contributed by atoms with Gasteiger partial charge in [-0.3, -0.25) is 4.79 Å². The highest BCUT2D eigenvalue weighted by Crippen LogP contribution is 2.33. The highest BCUT2D eigenvalue weighted by molar-refractivity contribution is 5.93. The zero-order chi connectivity index (χ0) is 11.5. The largest absolute Gasteiger partial charge is 0.478 e. The molecule has 0 unspecified atom stereocenters. The van der Waals surface area contributed by atoms with Crippen LogP contribution in [0.15, 0.2) is 12.2 Å². The Morgan fingerprint density at radius 2 is 1.56 bits per heavy atom. The summed E-state index contributed by atoms with van der Waals surface area (Å²) in [5, 5.41) is 8.48. The minimum Gasteiger partial charge on any atom is -0.478 e. The fourth-order valence-corrected chi connectivity index (χ4v) is 1.73. The van der Waals surface area contributed by atoms with E-state index in [0.29, 0.717) is 11.8 Å². The van der Waals surface area contributed by atoms with E-state index in [1.54, 1.807) is 0 Å². The fourth-order valence-electron chi connectivity index (χ4n) is 1.73. The number of carboxylic acids is 1. The number of hydrogen-bond donors (Lipinski definition) is 1. The van der Waals surface area contributed by atoms with Crippen LogP contribution in [0, 0.1) is 11.8 Å². The van der Waals surface area contributed by atoms with Crippen molar-refractivity contribution in [3.8, 4) is 0 Å². The van der Waals surface area contributed by atoms with Gasteiger partial charge in [0.25, 0.3) is 0 Å². The lowest BCUT2D eigenvalue weighted by molar-refractivity contribution is -0.132. The van der Waals surface area contributed by atoms with Gasteiger partial charge in [0.2, 0.25) is 5.91 Å². The molecule has 0 aromatic carbocycles. The molecule has 2 saturated carbocycles. The highest BCUT2D eigenvalue weighted by Gasteiger charge is 2.30. The average molecular weight is 223 g/mol. The highest BCUT2D eigenvalue weighted by atomic mass is 16.4. The van der Waals surface area contributed by atoms with Crippen LogP contribution in [-0.2, 0) is 9.59 Å². The minimum absolute atomic E-state index is 0.152. The second kappa shape index (κ2) is 4.68. The van der Waals surface area contributed by atoms with E-state index in [-0.39, 0.29) is 5.91 Å². The summed E-state index contributed by atoms with van der Waals surface area (Å²) >= 11 is 0. The molecule has 0 heterocycles. The van der Waals surface area contributed by atoms with Crippen molar-refractivity contribution >= 4 is 11.9 Å². The Morgan fingerprint density at radius 3 is 1.94 bits per heavy atom. The third-order valence-corrected chi connectivity index (χ3v) is 3.03. The van der Waals surface area contributed by atoms with Crippen LogP contribution in [0.1, 0.15) is 25.7 Å². The van der Waals surface area contributed by atoms with Crippen molar-refractivity contribution in [2.45, 2.75) is 25.7 Å². The van der Waals surface area contributed by atoms with E-state index < -0.39 is 5.97 Å². The normalized spacial score (nSPS) is 20.0. The molecule has 0 aromatic rings. The molecule has 0 aliphatic heterocycles. The van der Waals surface area contributed by atoms with Crippen LogP contribution in [0.3, 0.4) is 0 Å². The molecule has 1 N–H and O–H groups in total. The van der Waals surface area contributed by atoms with Gasteiger partial charge < -0.3 is 10.0 Å². The molecule has 4 nitrogen and oxygen atoms in total. The summed E-state index contributed by atoms with van der Waals surface area (Å²) in [5.41, 5.74) is 0. The van der Waals surface area contributed by atoms with E-state index in [4.69, 9.17) is 5.11 Å². The monoisotopic (exact) mass is 223 g/mol. The second-order valence-corrected chi connectivity index (χ2v) is 4.80. The first-order valence-electron chi connectivity index (χ1n) is 5.85. The fraction of sp³-hybridized carbons (Fsp3) is 0.667. The van der Waals surface area contributed by atoms with Gasteiger partial charge in [-0.15, -0.1) is 0 Å². The molecule has 0 aromatic heterocycles. The van der Waals surface area contributed by atoms with Gasteiger partial charge in [-0.25, -0.2) is 4.79 Å². The van der Waals surface area contributed by atoms with Crippen LogP contribution >= 0.6 is 0 Å². The van der Waals surface area contributed by atoms with Crippen molar-refractivity contribution in [1.29, 1.82) is 0 Å². The van der Waals surface area contributed by atoms with Crippen LogP contribution in [0.2, 0.25) is 0 Å². The molecule has 2 rings (SSSR count). The number of carboxylic acid groups (broad SMARTS) is 1. The van der Waals surface area contributed by atoms with E-state index in [1.165, 1.54) is 31.8 Å². The van der Waals surface area contributed by atoms with Crippen molar-refractivity contribution in [1.82, 2.24) is 4.90 Å². The van der Waals surface area contributed by atoms with Gasteiger partial charge in [0.1, 0.15) is 0 Å². The molecule has 1 amide bonds. The Bertz CT molecular complexity index is 302. The minimum atomic E-state index is -1.06. The molecular weight excluding hydrogens is 206 g/mol. The molecule has 2 fully saturated rings. The Balaban J connectivity index is 1.86. The third-order valence-electron chi connectivity index (χ3n) is 3.03. The first-order valence-corrected chi connectivity index (χ1v) is 5.85. The van der Waals surface area contributed by atoms with Gasteiger partial charge >= 0.3 is 5.97 Å². The van der Waals surface area contributed by atoms with E-state index in [1.807, 2.05) is 4.90 Å². The third kappa shape index (κ3) is 3.68. The predicted molar refractivity (Wildman–Crippen MR) is 58.8 cm³/mol. The molecule has 88 valence electrons. The number of hydrogen-bond acceptors (Lipinski definition) is 2. The van der Waals surface area contributed by atoms with Crippen LogP contribution < -0.4 is 0 Å². The lowest BCUT2D eigenvalue weighted by atomic mass is 10.3. The first-order chi connectivity index (χ1) is 7.65. The smallest absolute Gasteiger partial charge is 0.328 e. The van der Waals surface area contributed by atoms with E-state index in [9.17, 15) is 9.59 Å². The van der Waals surface area contributed by atoms with Crippen molar-refractivity contribution in [3.05, 3.63) is 12.2 Å². The van der Waals surface area contributed by atoms with Gasteiger partial charge in [-0.1, -0.05) is 0 Å². The standard InChI is InChI=1S/C12H17NO3/c14-11(5-6-12(15)16)13(7-9-1-2-9)8-10-3-4-10/h5-6,9-10H,1-4,7-8H2,(H,15,16). The van der Waals surface area contributed by atoms with Crippen molar-refractivity contribution in [3.63, 3.8) is 0 Å². The van der Waals surface area contributed by atoms with Gasteiger partial charge in [-0.2, -0.15) is 0 Å². The summed E-state index contributed by atoms with van der Waals surface area (Å²) in [6.07, 6.45) is 6.92. The molecule has 0 radical (unpaired) electrons. The van der Waals surface area contributed by atoms with Crippen LogP contribution in [-0.4, -0.2) is 35.0 Å². The zero-order valence-electron chi connectivity index (χ0n) is 9.26. The molecule has 2 aliphatic rings. The molecule has 0 spiro atoms. The van der Waals surface area contributed by atoms with Gasteiger partial charge in [-0.05, 0) is 37.5 Å². The van der Waals surface area contributed by atoms with E-state index in [0.717, 1.165) is 19.2 Å². The van der Waals surface area contributed by atoms with Crippen molar-refractivity contribution < 1.29 is 14.7 Å². The Kier molecular flexibility index (Phi) is 3.27. The quantitative estimate of drug-likeness (QED) is 0.690. The number of carbonyl (C=O) groups is 2. The maximum absolute atomic E-state index is 11.8. The molecule has 0 atom stereocenters. The van der Waals surface area contributed by atoms with E-state index >= 15 is 0 Å². The number of rotatable bonds is 6. The summed E-state index contributed by atoms with van der Waals surface area (Å²) in [5.74, 6) is 0.0919. The molecular formula is C12H17NO3. The zero-order valence-corrected chi connectivity index (χ0v) is 9.26. The van der Waals surface area contributed by atoms with Crippen LogP contribution in [0.5, 0.6) is 0 Å². The molecule has 2 aliphatic carbocycles. The van der Waals surface area contributed by atoms with Crippen molar-refractivity contribution in [2.75, 3.05) is 13.1 Å². The summed E-state index contributed by atoms with van der Waals surface area (Å²) in [7, 11) is 0. The van der Waals surface area contributed by atoms with Crippen molar-refractivity contribution in [2.24, 2.45) is 11.8 Å². The maximum atomic E-state index is 11.8. The summed E-state index contributed by atoms with van der Waals surface area (Å²) < 4.78 is 0. The topological polar surface area (TPSA) is 57.6 Å². The van der Waals surface area contributed by atoms with Gasteiger partial charge in [0.15, 0.2) is 0 Å². The average Bonchev–Trinajstić information content (AvgIpc) is 3.06. The maximum Gasteiger partial charge on any atom is 0.328 e. The van der Waals surface area contributed by atoms with Crippen LogP contribution in [0.25, 0.3) is 0 Å². The predicted octanol–water partition coefficient (Wildman–Crippen LogP) is 1.28. The Hall–Kier alpha value is -1.32. The lowest BCUT2D eigenvalue weighted by Gasteiger charge is -2.20. The first kappa shape index (κ1) is 11.2. The summed E-state index contributed by atoms with van der Waals surface area (Å²) in [6, 6.07) is 0. The molecule has 0 bridgehead atoms. The molecule has 4 heteroatoms. The SMILES string of the molecule is O=C(O)C=CC(=O)N(CC1CC1)CC1CC1. The van der Waals surface area contributed by atoms with Gasteiger partial charge in [0.05, 0.1) is 0 Å². The number of amides is 1. The Labute approximate surface area is 94.9 Å². The molecule has 16 heavy (non-hydrogen) atoms. The summed E-state index contributed by atoms with van der Waals surface area (Å²) in [6.45, 7) is 1.61. The second-order valence-electron chi connectivity index (χ2n) is 4.80. The Morgan fingerprint density at radius 1 is 1.06 bits per heavy atom. The number of aliphatic carboxylic acids is 1. The van der Waals surface area contributed by atoms with E-state index in [2.05, 4.69) is 0 Å². The number of nitrogens with zero attached hydrogens (tertiary/aromatic N) is 1.